The summed E-state index contributed by atoms with van der Waals surface area (Å²) in [4.78, 5) is 10.7. The molecule has 5 heteroatoms. The molecule has 0 spiro atoms. The fraction of sp³-hybridized carbons (Fsp3) is 0.300. The molecule has 0 bridgehead atoms. The molecule has 1 aromatic rings. The molecule has 0 unspecified atom stereocenters. The van der Waals surface area contributed by atoms with Crippen molar-refractivity contribution in [2.45, 2.75) is 20.8 Å². The summed E-state index contributed by atoms with van der Waals surface area (Å²) in [6, 6.07) is 9.34. The van der Waals surface area contributed by atoms with Gasteiger partial charge in [-0.25, -0.2) is 0 Å². The van der Waals surface area contributed by atoms with Crippen molar-refractivity contribution < 1.29 is 9.72 Å². The van der Waals surface area contributed by atoms with Crippen LogP contribution in [0.25, 0.3) is 0 Å². The average molecular weight is 582 g/mol. The topological polar surface area (TPSA) is 17.1 Å². The SMILES string of the molecule is C.CCC(=O)c1ccccc1.[I][V]([I])[I]. The van der Waals surface area contributed by atoms with E-state index in [2.05, 4.69) is 59.9 Å². The van der Waals surface area contributed by atoms with Gasteiger partial charge in [-0.2, -0.15) is 0 Å². The standard InChI is InChI=1S/C9H10O.CH4.3HI.V/c1-2-9(10)8-6-4-3-5-7-8;;;;;/h3-7H,2H2,1H3;1H4;3*1H;/q;;;;;+3/p-3. The van der Waals surface area contributed by atoms with Crippen LogP contribution in [0.1, 0.15) is 31.1 Å². The summed E-state index contributed by atoms with van der Waals surface area (Å²) in [7, 11) is 0. The third-order valence-electron chi connectivity index (χ3n) is 1.42. The Morgan fingerprint density at radius 1 is 1.20 bits per heavy atom. The number of halogens is 3. The molecular formula is C10H14I3OV. The molecule has 0 aliphatic heterocycles. The summed E-state index contributed by atoms with van der Waals surface area (Å²) in [6.07, 6.45) is 0.587. The number of carbonyl (C=O) groups is 1. The first-order chi connectivity index (χ1) is 6.57. The van der Waals surface area contributed by atoms with Crippen molar-refractivity contribution in [1.82, 2.24) is 0 Å². The number of hydrogen-bond donors (Lipinski definition) is 0. The van der Waals surface area contributed by atoms with E-state index in [1.807, 2.05) is 37.3 Å². The Morgan fingerprint density at radius 2 is 1.60 bits per heavy atom. The summed E-state index contributed by atoms with van der Waals surface area (Å²) in [5.41, 5.74) is 0.810. The van der Waals surface area contributed by atoms with E-state index < -0.39 is 0 Å². The van der Waals surface area contributed by atoms with E-state index in [-0.39, 0.29) is 18.1 Å². The predicted molar refractivity (Wildman–Crippen MR) is 89.9 cm³/mol. The molecule has 1 aromatic carbocycles. The molecule has 0 radical (unpaired) electrons. The van der Waals surface area contributed by atoms with Gasteiger partial charge in [0.25, 0.3) is 0 Å². The Balaban J connectivity index is 0. The van der Waals surface area contributed by atoms with Crippen LogP contribution in [-0.2, 0) is 4.92 Å². The second kappa shape index (κ2) is 12.1. The summed E-state index contributed by atoms with van der Waals surface area (Å²) in [6.45, 7) is 1.87. The first kappa shape index (κ1) is 19.0. The number of carbonyl (C=O) groups excluding carboxylic acids is 1. The molecule has 15 heavy (non-hydrogen) atoms. The van der Waals surface area contributed by atoms with Crippen molar-refractivity contribution in [3.63, 3.8) is 0 Å². The molecule has 0 amide bonds. The molecule has 86 valence electrons. The second-order valence-electron chi connectivity index (χ2n) is 2.33. The predicted octanol–water partition coefficient (Wildman–Crippen LogP) is 5.57. The van der Waals surface area contributed by atoms with Crippen LogP contribution in [-0.4, -0.2) is 5.78 Å². The van der Waals surface area contributed by atoms with Crippen LogP contribution in [0.4, 0.5) is 0 Å². The zero-order valence-corrected chi connectivity index (χ0v) is 15.5. The van der Waals surface area contributed by atoms with Gasteiger partial charge in [-0.3, -0.25) is 4.79 Å². The van der Waals surface area contributed by atoms with Crippen molar-refractivity contribution >= 4 is 65.7 Å². The van der Waals surface area contributed by atoms with Crippen molar-refractivity contribution in [1.29, 1.82) is 0 Å². The third-order valence-corrected chi connectivity index (χ3v) is 1.42. The van der Waals surface area contributed by atoms with Crippen molar-refractivity contribution in [3.05, 3.63) is 35.9 Å². The summed E-state index contributed by atoms with van der Waals surface area (Å²) >= 11 is 7.39. The molecule has 0 fully saturated rings. The number of hydrogen-bond acceptors (Lipinski definition) is 1. The Morgan fingerprint density at radius 3 is 1.93 bits per heavy atom. The summed E-state index contributed by atoms with van der Waals surface area (Å²) < 4.78 is 0. The normalized spacial score (nSPS) is 8.60. The van der Waals surface area contributed by atoms with E-state index in [0.717, 1.165) is 5.56 Å². The van der Waals surface area contributed by atoms with Gasteiger partial charge in [-0.05, 0) is 0 Å². The van der Waals surface area contributed by atoms with Crippen molar-refractivity contribution in [2.75, 3.05) is 0 Å². The van der Waals surface area contributed by atoms with Gasteiger partial charge in [0.2, 0.25) is 0 Å². The maximum absolute atomic E-state index is 11.0. The van der Waals surface area contributed by atoms with Gasteiger partial charge in [0, 0.05) is 12.0 Å². The number of benzene rings is 1. The molecular weight excluding hydrogens is 568 g/mol. The fourth-order valence-corrected chi connectivity index (χ4v) is 0.828. The first-order valence-electron chi connectivity index (χ1n) is 3.93. The van der Waals surface area contributed by atoms with Crippen LogP contribution in [0.15, 0.2) is 30.3 Å². The molecule has 1 nitrogen and oxygen atoms in total. The van der Waals surface area contributed by atoms with E-state index in [1.54, 1.807) is 0 Å². The van der Waals surface area contributed by atoms with E-state index in [4.69, 9.17) is 0 Å². The zero-order valence-electron chi connectivity index (χ0n) is 7.58. The number of ketones is 1. The molecule has 0 saturated carbocycles. The van der Waals surface area contributed by atoms with Gasteiger partial charge in [-0.1, -0.05) is 44.7 Å². The Kier molecular flexibility index (Phi) is 15.4. The molecule has 0 saturated heterocycles. The van der Waals surface area contributed by atoms with Crippen LogP contribution in [0.2, 0.25) is 0 Å². The Hall–Kier alpha value is 1.66. The molecule has 0 N–H and O–H groups in total. The van der Waals surface area contributed by atoms with Crippen LogP contribution >= 0.6 is 59.9 Å². The van der Waals surface area contributed by atoms with Crippen LogP contribution in [0.5, 0.6) is 0 Å². The molecule has 0 aliphatic rings. The van der Waals surface area contributed by atoms with Crippen LogP contribution < -0.4 is 0 Å². The van der Waals surface area contributed by atoms with Gasteiger partial charge in [0.05, 0.1) is 0 Å². The molecule has 1 rings (SSSR count). The Labute approximate surface area is 130 Å². The van der Waals surface area contributed by atoms with Gasteiger partial charge >= 0.3 is 64.9 Å². The third kappa shape index (κ3) is 11.9. The van der Waals surface area contributed by atoms with Gasteiger partial charge in [0.1, 0.15) is 0 Å². The summed E-state index contributed by atoms with van der Waals surface area (Å²) in [5.74, 6) is 0.209. The zero-order chi connectivity index (χ0) is 11.0. The average Bonchev–Trinajstić information content (AvgIpc) is 2.17. The minimum atomic E-state index is -0.278. The maximum atomic E-state index is 11.0. The van der Waals surface area contributed by atoms with Gasteiger partial charge < -0.3 is 0 Å². The molecule has 0 aromatic heterocycles. The molecule has 0 heterocycles. The van der Waals surface area contributed by atoms with E-state index in [9.17, 15) is 4.79 Å². The summed E-state index contributed by atoms with van der Waals surface area (Å²) in [5, 5.41) is 0. The monoisotopic (exact) mass is 582 g/mol. The van der Waals surface area contributed by atoms with Crippen molar-refractivity contribution in [2.24, 2.45) is 0 Å². The van der Waals surface area contributed by atoms with Crippen LogP contribution in [0.3, 0.4) is 0 Å². The Bertz CT molecular complexity index is 262. The second-order valence-corrected chi connectivity index (χ2v) is 37.7. The molecule has 0 atom stereocenters. The van der Waals surface area contributed by atoms with E-state index in [1.165, 1.54) is 0 Å². The van der Waals surface area contributed by atoms with Gasteiger partial charge in [-0.15, -0.1) is 0 Å². The molecule has 0 aliphatic carbocycles. The van der Waals surface area contributed by atoms with E-state index >= 15 is 0 Å². The van der Waals surface area contributed by atoms with E-state index in [0.29, 0.717) is 6.42 Å². The van der Waals surface area contributed by atoms with Gasteiger partial charge in [0.15, 0.2) is 5.78 Å². The number of Topliss-reactive ketones (excluding diaryl/α,β-unsaturated/α-hetero) is 1. The minimum absolute atomic E-state index is 0. The number of rotatable bonds is 2. The fourth-order valence-electron chi connectivity index (χ4n) is 0.828. The van der Waals surface area contributed by atoms with Crippen LogP contribution in [0, 0.1) is 0 Å². The first-order valence-corrected chi connectivity index (χ1v) is 17.5. The van der Waals surface area contributed by atoms with Crippen molar-refractivity contribution in [3.8, 4) is 0 Å². The quantitative estimate of drug-likeness (QED) is 0.330.